The molecule has 2 atom stereocenters. The van der Waals surface area contributed by atoms with E-state index in [2.05, 4.69) is 5.32 Å². The number of carbonyl (C=O) groups excluding carboxylic acids is 3. The standard InChI is InChI=1S/C14H22N2O3S/c1-14(2,3)12(18)15-9-6-4-5-7-10(9)16-11(17)8-20-13(16)19/h9-10H,4-8H2,1-3H3,(H,15,18). The first-order valence-corrected chi connectivity index (χ1v) is 8.09. The lowest BCUT2D eigenvalue weighted by atomic mass is 9.87. The van der Waals surface area contributed by atoms with E-state index in [9.17, 15) is 14.4 Å². The van der Waals surface area contributed by atoms with Gasteiger partial charge in [0.15, 0.2) is 0 Å². The van der Waals surface area contributed by atoms with Crippen LogP contribution >= 0.6 is 11.8 Å². The van der Waals surface area contributed by atoms with Crippen molar-refractivity contribution in [2.24, 2.45) is 5.41 Å². The molecule has 1 N–H and O–H groups in total. The highest BCUT2D eigenvalue weighted by Gasteiger charge is 2.41. The third-order valence-corrected chi connectivity index (χ3v) is 4.68. The number of hydrogen-bond acceptors (Lipinski definition) is 4. The summed E-state index contributed by atoms with van der Waals surface area (Å²) in [5.41, 5.74) is -0.463. The molecule has 2 aliphatic rings. The van der Waals surface area contributed by atoms with Gasteiger partial charge in [0.05, 0.1) is 11.8 Å². The molecule has 1 aliphatic carbocycles. The zero-order valence-corrected chi connectivity index (χ0v) is 13.1. The molecule has 0 radical (unpaired) electrons. The molecule has 0 spiro atoms. The molecular formula is C14H22N2O3S. The Labute approximate surface area is 123 Å². The van der Waals surface area contributed by atoms with E-state index >= 15 is 0 Å². The molecule has 20 heavy (non-hydrogen) atoms. The van der Waals surface area contributed by atoms with E-state index in [1.807, 2.05) is 20.8 Å². The maximum absolute atomic E-state index is 12.2. The number of imide groups is 1. The van der Waals surface area contributed by atoms with Gasteiger partial charge in [-0.05, 0) is 12.8 Å². The summed E-state index contributed by atoms with van der Waals surface area (Å²) in [5.74, 6) is 0.0815. The molecule has 0 bridgehead atoms. The summed E-state index contributed by atoms with van der Waals surface area (Å²) < 4.78 is 0. The number of rotatable bonds is 2. The lowest BCUT2D eigenvalue weighted by Crippen LogP contribution is -2.56. The van der Waals surface area contributed by atoms with Crippen molar-refractivity contribution >= 4 is 28.8 Å². The van der Waals surface area contributed by atoms with Crippen LogP contribution in [0.2, 0.25) is 0 Å². The Hall–Kier alpha value is -1.04. The predicted molar refractivity (Wildman–Crippen MR) is 78.3 cm³/mol. The fourth-order valence-electron chi connectivity index (χ4n) is 2.66. The molecule has 112 valence electrons. The first-order valence-electron chi connectivity index (χ1n) is 7.10. The molecule has 2 fully saturated rings. The SMILES string of the molecule is CC(C)(C)C(=O)NC1CCCCC1N1C(=O)CSC1=O. The summed E-state index contributed by atoms with van der Waals surface area (Å²) in [6.07, 6.45) is 3.63. The Morgan fingerprint density at radius 1 is 1.25 bits per heavy atom. The van der Waals surface area contributed by atoms with Crippen LogP contribution in [0.4, 0.5) is 4.79 Å². The van der Waals surface area contributed by atoms with Gasteiger partial charge in [-0.25, -0.2) is 0 Å². The first kappa shape index (κ1) is 15.4. The van der Waals surface area contributed by atoms with Crippen molar-refractivity contribution in [2.75, 3.05) is 5.75 Å². The molecule has 6 heteroatoms. The van der Waals surface area contributed by atoms with Crippen LogP contribution in [0.25, 0.3) is 0 Å². The normalized spacial score (nSPS) is 27.9. The number of amides is 3. The van der Waals surface area contributed by atoms with Crippen molar-refractivity contribution in [3.05, 3.63) is 0 Å². The minimum absolute atomic E-state index is 0.0267. The Morgan fingerprint density at radius 3 is 2.45 bits per heavy atom. The molecule has 1 saturated carbocycles. The lowest BCUT2D eigenvalue weighted by molar-refractivity contribution is -0.132. The van der Waals surface area contributed by atoms with E-state index in [0.29, 0.717) is 0 Å². The summed E-state index contributed by atoms with van der Waals surface area (Å²) >= 11 is 1.06. The number of carbonyl (C=O) groups is 3. The second kappa shape index (κ2) is 5.76. The van der Waals surface area contributed by atoms with Crippen LogP contribution in [0.5, 0.6) is 0 Å². The fraction of sp³-hybridized carbons (Fsp3) is 0.786. The average Bonchev–Trinajstić information content (AvgIpc) is 2.69. The third kappa shape index (κ3) is 3.16. The van der Waals surface area contributed by atoms with Crippen molar-refractivity contribution in [2.45, 2.75) is 58.5 Å². The van der Waals surface area contributed by atoms with E-state index in [1.54, 1.807) is 0 Å². The molecule has 5 nitrogen and oxygen atoms in total. The monoisotopic (exact) mass is 298 g/mol. The molecule has 2 rings (SSSR count). The smallest absolute Gasteiger partial charge is 0.289 e. The molecule has 1 heterocycles. The van der Waals surface area contributed by atoms with Crippen molar-refractivity contribution in [1.82, 2.24) is 10.2 Å². The maximum Gasteiger partial charge on any atom is 0.289 e. The summed E-state index contributed by atoms with van der Waals surface area (Å²) in [5, 5.41) is 2.86. The topological polar surface area (TPSA) is 66.5 Å². The molecule has 2 unspecified atom stereocenters. The molecule has 0 aromatic heterocycles. The Kier molecular flexibility index (Phi) is 4.42. The Morgan fingerprint density at radius 2 is 1.90 bits per heavy atom. The van der Waals surface area contributed by atoms with E-state index in [-0.39, 0.29) is 34.9 Å². The van der Waals surface area contributed by atoms with Gasteiger partial charge in [-0.2, -0.15) is 0 Å². The second-order valence-electron chi connectivity index (χ2n) is 6.50. The number of hydrogen-bond donors (Lipinski definition) is 1. The second-order valence-corrected chi connectivity index (χ2v) is 7.43. The molecule has 0 aromatic carbocycles. The minimum atomic E-state index is -0.463. The highest BCUT2D eigenvalue weighted by molar-refractivity contribution is 8.14. The van der Waals surface area contributed by atoms with Gasteiger partial charge in [0.1, 0.15) is 0 Å². The molecule has 0 aromatic rings. The Balaban J connectivity index is 2.11. The summed E-state index contributed by atoms with van der Waals surface area (Å²) in [6, 6.07) is -0.285. The van der Waals surface area contributed by atoms with Gasteiger partial charge in [0.25, 0.3) is 5.24 Å². The minimum Gasteiger partial charge on any atom is -0.351 e. The van der Waals surface area contributed by atoms with Crippen molar-refractivity contribution < 1.29 is 14.4 Å². The molecule has 3 amide bonds. The van der Waals surface area contributed by atoms with Crippen LogP contribution in [0.15, 0.2) is 0 Å². The molecule has 1 aliphatic heterocycles. The van der Waals surface area contributed by atoms with E-state index in [0.717, 1.165) is 37.4 Å². The predicted octanol–water partition coefficient (Wildman–Crippen LogP) is 2.16. The molecular weight excluding hydrogens is 276 g/mol. The maximum atomic E-state index is 12.2. The van der Waals surface area contributed by atoms with Crippen molar-refractivity contribution in [3.63, 3.8) is 0 Å². The summed E-state index contributed by atoms with van der Waals surface area (Å²) in [6.45, 7) is 5.59. The van der Waals surface area contributed by atoms with Gasteiger partial charge < -0.3 is 5.32 Å². The van der Waals surface area contributed by atoms with Crippen LogP contribution in [-0.2, 0) is 9.59 Å². The highest BCUT2D eigenvalue weighted by atomic mass is 32.2. The summed E-state index contributed by atoms with van der Waals surface area (Å²) in [7, 11) is 0. The third-order valence-electron chi connectivity index (χ3n) is 3.84. The van der Waals surface area contributed by atoms with Crippen molar-refractivity contribution in [1.29, 1.82) is 0 Å². The van der Waals surface area contributed by atoms with Gasteiger partial charge in [-0.15, -0.1) is 0 Å². The van der Waals surface area contributed by atoms with Crippen LogP contribution in [0, 0.1) is 5.41 Å². The van der Waals surface area contributed by atoms with E-state index < -0.39 is 5.41 Å². The number of nitrogens with zero attached hydrogens (tertiary/aromatic N) is 1. The van der Waals surface area contributed by atoms with Gasteiger partial charge in [-0.1, -0.05) is 45.4 Å². The summed E-state index contributed by atoms with van der Waals surface area (Å²) in [4.78, 5) is 37.3. The van der Waals surface area contributed by atoms with Crippen LogP contribution < -0.4 is 5.32 Å². The lowest BCUT2D eigenvalue weighted by Gasteiger charge is -2.37. The zero-order chi connectivity index (χ0) is 14.9. The van der Waals surface area contributed by atoms with Crippen molar-refractivity contribution in [3.8, 4) is 0 Å². The average molecular weight is 298 g/mol. The van der Waals surface area contributed by atoms with Gasteiger partial charge in [0.2, 0.25) is 11.8 Å². The van der Waals surface area contributed by atoms with Crippen LogP contribution in [-0.4, -0.2) is 39.8 Å². The first-order chi connectivity index (χ1) is 9.30. The van der Waals surface area contributed by atoms with Gasteiger partial charge >= 0.3 is 0 Å². The molecule has 1 saturated heterocycles. The highest BCUT2D eigenvalue weighted by Crippen LogP contribution is 2.30. The fourth-order valence-corrected chi connectivity index (χ4v) is 3.42. The van der Waals surface area contributed by atoms with Crippen LogP contribution in [0.1, 0.15) is 46.5 Å². The quantitative estimate of drug-likeness (QED) is 0.848. The van der Waals surface area contributed by atoms with E-state index in [4.69, 9.17) is 0 Å². The zero-order valence-electron chi connectivity index (χ0n) is 12.3. The number of thioether (sulfide) groups is 1. The van der Waals surface area contributed by atoms with Gasteiger partial charge in [-0.3, -0.25) is 19.3 Å². The van der Waals surface area contributed by atoms with Gasteiger partial charge in [0, 0.05) is 11.5 Å². The Bertz CT molecular complexity index is 415. The number of nitrogens with one attached hydrogen (secondary N) is 1. The van der Waals surface area contributed by atoms with Crippen LogP contribution in [0.3, 0.4) is 0 Å². The van der Waals surface area contributed by atoms with E-state index in [1.165, 1.54) is 4.90 Å². The largest absolute Gasteiger partial charge is 0.351 e.